The highest BCUT2D eigenvalue weighted by Gasteiger charge is 2.64. The van der Waals surface area contributed by atoms with Crippen LogP contribution in [0.5, 0.6) is 0 Å². The van der Waals surface area contributed by atoms with Crippen LogP contribution < -0.4 is 5.32 Å². The van der Waals surface area contributed by atoms with Gasteiger partial charge in [-0.1, -0.05) is 0 Å². The molecule has 3 rings (SSSR count). The van der Waals surface area contributed by atoms with Gasteiger partial charge in [-0.3, -0.25) is 9.59 Å². The molecule has 0 aliphatic carbocycles. The molecule has 0 spiro atoms. The number of thioether (sulfide) groups is 1. The summed E-state index contributed by atoms with van der Waals surface area (Å²) in [5, 5.41) is 11.6. The molecule has 0 radical (unpaired) electrons. The molecule has 0 aromatic carbocycles. The van der Waals surface area contributed by atoms with Gasteiger partial charge in [0.05, 0.1) is 6.26 Å². The summed E-state index contributed by atoms with van der Waals surface area (Å²) in [4.78, 5) is 36.9. The van der Waals surface area contributed by atoms with E-state index in [1.165, 1.54) is 35.1 Å². The fourth-order valence-corrected chi connectivity index (χ4v) is 4.52. The van der Waals surface area contributed by atoms with Gasteiger partial charge in [-0.05, 0) is 32.1 Å². The van der Waals surface area contributed by atoms with Crippen molar-refractivity contribution in [3.8, 4) is 0 Å². The van der Waals surface area contributed by atoms with Gasteiger partial charge >= 0.3 is 5.97 Å². The number of carboxylic acids is 1. The fourth-order valence-electron chi connectivity index (χ4n) is 2.89. The van der Waals surface area contributed by atoms with Crippen LogP contribution in [0.25, 0.3) is 6.08 Å². The van der Waals surface area contributed by atoms with Crippen molar-refractivity contribution in [3.05, 3.63) is 30.2 Å². The second-order valence-corrected chi connectivity index (χ2v) is 7.70. The third-order valence-corrected chi connectivity index (χ3v) is 5.49. The van der Waals surface area contributed by atoms with Gasteiger partial charge < -0.3 is 19.7 Å². The summed E-state index contributed by atoms with van der Waals surface area (Å²) in [6.45, 7) is 3.58. The van der Waals surface area contributed by atoms with E-state index < -0.39 is 28.7 Å². The van der Waals surface area contributed by atoms with Crippen molar-refractivity contribution >= 4 is 35.6 Å². The summed E-state index contributed by atoms with van der Waals surface area (Å²) in [7, 11) is 0. The van der Waals surface area contributed by atoms with Crippen LogP contribution >= 0.6 is 11.8 Å². The lowest BCUT2D eigenvalue weighted by Gasteiger charge is -2.43. The molecule has 7 nitrogen and oxygen atoms in total. The summed E-state index contributed by atoms with van der Waals surface area (Å²) in [5.74, 6) is -1.28. The number of fused-ring (bicyclic) bond motifs is 1. The Morgan fingerprint density at radius 1 is 1.48 bits per heavy atom. The van der Waals surface area contributed by atoms with Gasteiger partial charge in [-0.15, -0.1) is 11.8 Å². The molecule has 2 aliphatic heterocycles. The zero-order valence-corrected chi connectivity index (χ0v) is 13.4. The Morgan fingerprint density at radius 3 is 2.83 bits per heavy atom. The molecule has 122 valence electrons. The zero-order chi connectivity index (χ0) is 16.8. The maximum atomic E-state index is 12.2. The first-order chi connectivity index (χ1) is 10.8. The SMILES string of the molecule is CC1(C)S[C@@H]2[C@H](NC(=O)/C=C/c3ccco3)C(=O)N2[C@H]1C(=O)O. The Kier molecular flexibility index (Phi) is 3.71. The molecule has 1 aromatic heterocycles. The Hall–Kier alpha value is -2.22. The number of rotatable bonds is 4. The highest BCUT2D eigenvalue weighted by Crippen LogP contribution is 2.50. The average molecular weight is 336 g/mol. The number of furan rings is 1. The topological polar surface area (TPSA) is 99.9 Å². The quantitative estimate of drug-likeness (QED) is 0.627. The Balaban J connectivity index is 1.66. The standard InChI is InChI=1S/C15H16N2O5S/c1-15(2)11(14(20)21)17-12(19)10(13(17)23-15)16-9(18)6-5-8-4-3-7-22-8/h3-7,10-11,13H,1-2H3,(H,16,18)(H,20,21)/b6-5+/t10-,11+,13-/m1/s1. The number of carboxylic acid groups (broad SMARTS) is 1. The highest BCUT2D eigenvalue weighted by molar-refractivity contribution is 8.01. The number of aliphatic carboxylic acids is 1. The van der Waals surface area contributed by atoms with Crippen molar-refractivity contribution in [1.82, 2.24) is 10.2 Å². The smallest absolute Gasteiger partial charge is 0.327 e. The third kappa shape index (κ3) is 2.63. The molecular weight excluding hydrogens is 320 g/mol. The predicted molar refractivity (Wildman–Crippen MR) is 83.4 cm³/mol. The summed E-state index contributed by atoms with van der Waals surface area (Å²) in [6, 6.07) is 1.83. The molecule has 2 N–H and O–H groups in total. The molecule has 0 saturated carbocycles. The predicted octanol–water partition coefficient (Wildman–Crippen LogP) is 0.924. The minimum absolute atomic E-state index is 0.348. The van der Waals surface area contributed by atoms with Crippen LogP contribution in [-0.2, 0) is 14.4 Å². The summed E-state index contributed by atoms with van der Waals surface area (Å²) >= 11 is 1.39. The highest BCUT2D eigenvalue weighted by atomic mass is 32.2. The van der Waals surface area contributed by atoms with Gasteiger partial charge in [0.15, 0.2) is 0 Å². The van der Waals surface area contributed by atoms with Crippen molar-refractivity contribution in [2.75, 3.05) is 0 Å². The molecule has 0 bridgehead atoms. The van der Waals surface area contributed by atoms with Crippen molar-refractivity contribution in [1.29, 1.82) is 0 Å². The Morgan fingerprint density at radius 2 is 2.22 bits per heavy atom. The number of hydrogen-bond acceptors (Lipinski definition) is 5. The number of carbonyl (C=O) groups is 3. The molecule has 3 atom stereocenters. The fraction of sp³-hybridized carbons (Fsp3) is 0.400. The van der Waals surface area contributed by atoms with E-state index in [1.807, 2.05) is 0 Å². The monoisotopic (exact) mass is 336 g/mol. The summed E-state index contributed by atoms with van der Waals surface area (Å²) in [5.41, 5.74) is 0. The minimum atomic E-state index is -1.03. The molecule has 2 fully saturated rings. The second-order valence-electron chi connectivity index (χ2n) is 5.93. The van der Waals surface area contributed by atoms with Crippen LogP contribution in [0.2, 0.25) is 0 Å². The van der Waals surface area contributed by atoms with Crippen molar-refractivity contribution in [2.24, 2.45) is 0 Å². The third-order valence-electron chi connectivity index (χ3n) is 3.91. The van der Waals surface area contributed by atoms with Crippen LogP contribution in [0.15, 0.2) is 28.9 Å². The van der Waals surface area contributed by atoms with Gasteiger partial charge in [0, 0.05) is 10.8 Å². The molecule has 2 saturated heterocycles. The van der Waals surface area contributed by atoms with Gasteiger partial charge in [0.25, 0.3) is 0 Å². The van der Waals surface area contributed by atoms with Gasteiger partial charge in [-0.2, -0.15) is 0 Å². The Labute approximate surface area is 136 Å². The van der Waals surface area contributed by atoms with E-state index in [4.69, 9.17) is 4.42 Å². The van der Waals surface area contributed by atoms with Gasteiger partial charge in [-0.25, -0.2) is 4.79 Å². The lowest BCUT2D eigenvalue weighted by atomic mass is 9.96. The largest absolute Gasteiger partial charge is 0.480 e. The lowest BCUT2D eigenvalue weighted by molar-refractivity contribution is -0.160. The van der Waals surface area contributed by atoms with Crippen LogP contribution in [0.4, 0.5) is 0 Å². The van der Waals surface area contributed by atoms with Gasteiger partial charge in [0.2, 0.25) is 11.8 Å². The van der Waals surface area contributed by atoms with E-state index in [0.717, 1.165) is 0 Å². The van der Waals surface area contributed by atoms with Crippen LogP contribution in [0.3, 0.4) is 0 Å². The molecular formula is C15H16N2O5S. The van der Waals surface area contributed by atoms with E-state index in [2.05, 4.69) is 5.32 Å². The molecule has 3 heterocycles. The van der Waals surface area contributed by atoms with Crippen molar-refractivity contribution < 1.29 is 23.9 Å². The number of hydrogen-bond donors (Lipinski definition) is 2. The van der Waals surface area contributed by atoms with Crippen molar-refractivity contribution in [3.63, 3.8) is 0 Å². The Bertz CT molecular complexity index is 682. The first-order valence-electron chi connectivity index (χ1n) is 7.06. The maximum Gasteiger partial charge on any atom is 0.327 e. The number of amides is 2. The molecule has 8 heteroatoms. The van der Waals surface area contributed by atoms with Crippen LogP contribution in [0.1, 0.15) is 19.6 Å². The first kappa shape index (κ1) is 15.7. The molecule has 1 aromatic rings. The van der Waals surface area contributed by atoms with Gasteiger partial charge in [0.1, 0.15) is 23.2 Å². The minimum Gasteiger partial charge on any atom is -0.480 e. The van der Waals surface area contributed by atoms with E-state index in [0.29, 0.717) is 5.76 Å². The van der Waals surface area contributed by atoms with E-state index in [-0.39, 0.29) is 11.3 Å². The molecule has 2 aliphatic rings. The molecule has 23 heavy (non-hydrogen) atoms. The average Bonchev–Trinajstić information content (AvgIpc) is 3.06. The first-order valence-corrected chi connectivity index (χ1v) is 7.94. The lowest BCUT2D eigenvalue weighted by Crippen LogP contribution is -2.70. The molecule has 2 amide bonds. The van der Waals surface area contributed by atoms with Crippen molar-refractivity contribution in [2.45, 2.75) is 36.1 Å². The number of β-lactam (4-membered cyclic amide) rings is 1. The van der Waals surface area contributed by atoms with Crippen LogP contribution in [-0.4, -0.2) is 50.0 Å². The van der Waals surface area contributed by atoms with E-state index in [9.17, 15) is 19.5 Å². The second kappa shape index (κ2) is 5.45. The normalized spacial score (nSPS) is 28.5. The summed E-state index contributed by atoms with van der Waals surface area (Å²) < 4.78 is 4.47. The maximum absolute atomic E-state index is 12.2. The number of nitrogens with one attached hydrogen (secondary N) is 1. The molecule has 0 unspecified atom stereocenters. The summed E-state index contributed by atoms with van der Waals surface area (Å²) in [6.07, 6.45) is 4.28. The van der Waals surface area contributed by atoms with Crippen LogP contribution in [0, 0.1) is 0 Å². The van der Waals surface area contributed by atoms with E-state index >= 15 is 0 Å². The number of nitrogens with zero attached hydrogens (tertiary/aromatic N) is 1. The number of carbonyl (C=O) groups excluding carboxylic acids is 2. The van der Waals surface area contributed by atoms with E-state index in [1.54, 1.807) is 26.0 Å². The zero-order valence-electron chi connectivity index (χ0n) is 12.6.